The first kappa shape index (κ1) is 21.4. The number of benzene rings is 2. The highest BCUT2D eigenvalue weighted by atomic mass is 32.2. The fraction of sp³-hybridized carbons (Fsp3) is 0.292. The number of carbonyl (C=O) groups excluding carboxylic acids is 1. The molecule has 0 saturated carbocycles. The molecule has 2 aromatic carbocycles. The van der Waals surface area contributed by atoms with Crippen molar-refractivity contribution in [3.8, 4) is 0 Å². The Morgan fingerprint density at radius 1 is 1.15 bits per heavy atom. The number of piperidine rings is 1. The van der Waals surface area contributed by atoms with Gasteiger partial charge >= 0.3 is 10.2 Å². The van der Waals surface area contributed by atoms with E-state index in [-0.39, 0.29) is 11.9 Å². The summed E-state index contributed by atoms with van der Waals surface area (Å²) >= 11 is 0. The lowest BCUT2D eigenvalue weighted by atomic mass is 10.0. The van der Waals surface area contributed by atoms with Gasteiger partial charge in [-0.25, -0.2) is 4.31 Å². The predicted molar refractivity (Wildman–Crippen MR) is 130 cm³/mol. The summed E-state index contributed by atoms with van der Waals surface area (Å²) in [6, 6.07) is 14.6. The molecule has 8 nitrogen and oxygen atoms in total. The van der Waals surface area contributed by atoms with E-state index in [0.29, 0.717) is 43.7 Å². The summed E-state index contributed by atoms with van der Waals surface area (Å²) in [5.41, 5.74) is 3.38. The van der Waals surface area contributed by atoms with Crippen LogP contribution in [0.2, 0.25) is 0 Å². The van der Waals surface area contributed by atoms with Crippen LogP contribution in [-0.2, 0) is 21.4 Å². The van der Waals surface area contributed by atoms with Gasteiger partial charge in [0.15, 0.2) is 0 Å². The van der Waals surface area contributed by atoms with Crippen LogP contribution in [-0.4, -0.2) is 49.4 Å². The standard InChI is InChI=1S/C24H27N5O3S/c1-2-25-22(15-17-16-26-20-8-4-3-7-19(17)20)24(30)28-13-11-18(12-14-28)29-23-10-6-5-9-21(23)27-33(29,31)32/h2-10,16,18,22,25-27H,1,11-15H2/t22-/m1/s1. The van der Waals surface area contributed by atoms with Crippen LogP contribution >= 0.6 is 0 Å². The Morgan fingerprint density at radius 3 is 2.67 bits per heavy atom. The Bertz CT molecular complexity index is 1290. The maximum absolute atomic E-state index is 13.4. The van der Waals surface area contributed by atoms with E-state index in [1.54, 1.807) is 12.3 Å². The third kappa shape index (κ3) is 3.93. The molecular weight excluding hydrogens is 438 g/mol. The molecule has 1 fully saturated rings. The highest BCUT2D eigenvalue weighted by Crippen LogP contribution is 2.39. The fourth-order valence-corrected chi connectivity index (χ4v) is 6.45. The molecule has 9 heteroatoms. The number of nitrogens with one attached hydrogen (secondary N) is 3. The molecule has 2 aliphatic rings. The second kappa shape index (κ2) is 8.47. The van der Waals surface area contributed by atoms with Crippen molar-refractivity contribution in [2.24, 2.45) is 0 Å². The van der Waals surface area contributed by atoms with Gasteiger partial charge in [-0.1, -0.05) is 36.9 Å². The molecule has 0 unspecified atom stereocenters. The van der Waals surface area contributed by atoms with E-state index < -0.39 is 16.3 Å². The number of aromatic nitrogens is 1. The topological polar surface area (TPSA) is 97.5 Å². The summed E-state index contributed by atoms with van der Waals surface area (Å²) in [6.45, 7) is 4.75. The number of hydrogen-bond donors (Lipinski definition) is 3. The Kier molecular flexibility index (Phi) is 5.49. The molecular formula is C24H27N5O3S. The highest BCUT2D eigenvalue weighted by molar-refractivity contribution is 7.94. The number of anilines is 2. The molecule has 1 amide bonds. The number of amides is 1. The first-order valence-electron chi connectivity index (χ1n) is 11.1. The van der Waals surface area contributed by atoms with Crippen molar-refractivity contribution in [2.75, 3.05) is 22.1 Å². The van der Waals surface area contributed by atoms with Gasteiger partial charge in [0.2, 0.25) is 5.91 Å². The average Bonchev–Trinajstić information content (AvgIpc) is 3.35. The van der Waals surface area contributed by atoms with Gasteiger partial charge in [-0.2, -0.15) is 8.42 Å². The van der Waals surface area contributed by atoms with Crippen LogP contribution < -0.4 is 14.3 Å². The van der Waals surface area contributed by atoms with Crippen molar-refractivity contribution >= 4 is 38.4 Å². The molecule has 3 heterocycles. The summed E-state index contributed by atoms with van der Waals surface area (Å²) in [6.07, 6.45) is 5.20. The molecule has 1 aromatic heterocycles. The minimum absolute atomic E-state index is 0.00133. The molecule has 1 saturated heterocycles. The van der Waals surface area contributed by atoms with E-state index in [2.05, 4.69) is 21.6 Å². The molecule has 0 bridgehead atoms. The minimum atomic E-state index is -3.61. The fourth-order valence-electron chi connectivity index (χ4n) is 4.88. The van der Waals surface area contributed by atoms with Crippen molar-refractivity contribution in [3.63, 3.8) is 0 Å². The number of para-hydroxylation sites is 3. The van der Waals surface area contributed by atoms with Gasteiger partial charge < -0.3 is 15.2 Å². The number of carbonyl (C=O) groups is 1. The Hall–Kier alpha value is -3.46. The second-order valence-electron chi connectivity index (χ2n) is 8.46. The molecule has 33 heavy (non-hydrogen) atoms. The maximum Gasteiger partial charge on any atom is 0.324 e. The van der Waals surface area contributed by atoms with Crippen LogP contribution in [0.5, 0.6) is 0 Å². The quantitative estimate of drug-likeness (QED) is 0.521. The van der Waals surface area contributed by atoms with Crippen molar-refractivity contribution in [1.82, 2.24) is 15.2 Å². The molecule has 3 N–H and O–H groups in total. The molecule has 0 spiro atoms. The van der Waals surface area contributed by atoms with Gasteiger partial charge in [0, 0.05) is 36.6 Å². The van der Waals surface area contributed by atoms with Crippen LogP contribution in [0.4, 0.5) is 11.4 Å². The number of H-pyrrole nitrogens is 1. The second-order valence-corrected chi connectivity index (χ2v) is 10.0. The van der Waals surface area contributed by atoms with Gasteiger partial charge in [0.1, 0.15) is 6.04 Å². The summed E-state index contributed by atoms with van der Waals surface area (Å²) in [5, 5.41) is 4.22. The third-order valence-corrected chi connectivity index (χ3v) is 7.95. The first-order valence-corrected chi connectivity index (χ1v) is 12.5. The van der Waals surface area contributed by atoms with E-state index in [4.69, 9.17) is 0 Å². The van der Waals surface area contributed by atoms with Crippen molar-refractivity contribution < 1.29 is 13.2 Å². The minimum Gasteiger partial charge on any atom is -0.380 e. The largest absolute Gasteiger partial charge is 0.380 e. The van der Waals surface area contributed by atoms with Crippen LogP contribution in [0.15, 0.2) is 67.5 Å². The molecule has 3 aromatic rings. The molecule has 0 radical (unpaired) electrons. The smallest absolute Gasteiger partial charge is 0.324 e. The zero-order valence-electron chi connectivity index (χ0n) is 18.2. The van der Waals surface area contributed by atoms with E-state index in [1.165, 1.54) is 4.31 Å². The maximum atomic E-state index is 13.4. The zero-order chi connectivity index (χ0) is 23.0. The SMILES string of the molecule is C=CN[C@H](Cc1c[nH]c2ccccc12)C(=O)N1CCC(N2c3ccccc3NS2(=O)=O)CC1. The van der Waals surface area contributed by atoms with Gasteiger partial charge in [0.25, 0.3) is 0 Å². The molecule has 1 atom stereocenters. The number of rotatable bonds is 6. The van der Waals surface area contributed by atoms with E-state index >= 15 is 0 Å². The lowest BCUT2D eigenvalue weighted by Crippen LogP contribution is -2.52. The van der Waals surface area contributed by atoms with Crippen molar-refractivity contribution in [1.29, 1.82) is 0 Å². The van der Waals surface area contributed by atoms with Gasteiger partial charge in [-0.15, -0.1) is 0 Å². The van der Waals surface area contributed by atoms with E-state index in [1.807, 2.05) is 53.6 Å². The summed E-state index contributed by atoms with van der Waals surface area (Å²) < 4.78 is 29.5. The number of nitrogens with zero attached hydrogens (tertiary/aromatic N) is 2. The summed E-state index contributed by atoms with van der Waals surface area (Å²) in [7, 11) is -3.61. The van der Waals surface area contributed by atoms with Crippen molar-refractivity contribution in [3.05, 3.63) is 73.1 Å². The number of hydrogen-bond acceptors (Lipinski definition) is 4. The van der Waals surface area contributed by atoms with Crippen LogP contribution in [0, 0.1) is 0 Å². The lowest BCUT2D eigenvalue weighted by molar-refractivity contribution is -0.134. The molecule has 172 valence electrons. The Labute approximate surface area is 193 Å². The molecule has 0 aliphatic carbocycles. The Balaban J connectivity index is 1.28. The van der Waals surface area contributed by atoms with E-state index in [9.17, 15) is 13.2 Å². The third-order valence-electron chi connectivity index (χ3n) is 6.46. The average molecular weight is 466 g/mol. The summed E-state index contributed by atoms with van der Waals surface area (Å²) in [5.74, 6) is 0.00133. The van der Waals surface area contributed by atoms with Crippen LogP contribution in [0.1, 0.15) is 18.4 Å². The normalized spacial score (nSPS) is 18.5. The number of likely N-dealkylation sites (tertiary alicyclic amines) is 1. The van der Waals surface area contributed by atoms with Gasteiger partial charge in [-0.3, -0.25) is 9.52 Å². The summed E-state index contributed by atoms with van der Waals surface area (Å²) in [4.78, 5) is 18.5. The van der Waals surface area contributed by atoms with Gasteiger partial charge in [0.05, 0.1) is 17.4 Å². The predicted octanol–water partition coefficient (Wildman–Crippen LogP) is 2.98. The first-order chi connectivity index (χ1) is 16.0. The number of aromatic amines is 1. The van der Waals surface area contributed by atoms with E-state index in [0.717, 1.165) is 16.5 Å². The highest BCUT2D eigenvalue weighted by Gasteiger charge is 2.40. The van der Waals surface area contributed by atoms with Crippen molar-refractivity contribution in [2.45, 2.75) is 31.3 Å². The van der Waals surface area contributed by atoms with Gasteiger partial charge in [-0.05, 0) is 42.8 Å². The number of fused-ring (bicyclic) bond motifs is 2. The lowest BCUT2D eigenvalue weighted by Gasteiger charge is -2.37. The molecule has 5 rings (SSSR count). The Morgan fingerprint density at radius 2 is 1.88 bits per heavy atom. The zero-order valence-corrected chi connectivity index (χ0v) is 19.0. The van der Waals surface area contributed by atoms with Crippen LogP contribution in [0.25, 0.3) is 10.9 Å². The molecule has 2 aliphatic heterocycles. The van der Waals surface area contributed by atoms with Crippen LogP contribution in [0.3, 0.4) is 0 Å². The monoisotopic (exact) mass is 465 g/mol.